The maximum Gasteiger partial charge on any atom is 0.224 e. The van der Waals surface area contributed by atoms with Gasteiger partial charge in [-0.25, -0.2) is 9.97 Å². The third-order valence-electron chi connectivity index (χ3n) is 3.55. The summed E-state index contributed by atoms with van der Waals surface area (Å²) in [6.07, 6.45) is 2.16. The average Bonchev–Trinajstić information content (AvgIpc) is 2.85. The Kier molecular flexibility index (Phi) is 5.17. The van der Waals surface area contributed by atoms with Crippen molar-refractivity contribution in [3.63, 3.8) is 0 Å². The molecule has 6 heteroatoms. The van der Waals surface area contributed by atoms with E-state index in [0.717, 1.165) is 30.1 Å². The first-order valence-corrected chi connectivity index (χ1v) is 7.75. The Hall–Kier alpha value is -1.62. The van der Waals surface area contributed by atoms with Crippen LogP contribution in [0.2, 0.25) is 0 Å². The van der Waals surface area contributed by atoms with Crippen LogP contribution in [0.3, 0.4) is 0 Å². The number of rotatable bonds is 6. The molecule has 2 aromatic rings. The van der Waals surface area contributed by atoms with Gasteiger partial charge in [0.05, 0.1) is 5.38 Å². The van der Waals surface area contributed by atoms with E-state index < -0.39 is 0 Å². The van der Waals surface area contributed by atoms with Gasteiger partial charge in [-0.2, -0.15) is 0 Å². The van der Waals surface area contributed by atoms with Crippen LogP contribution in [0.1, 0.15) is 38.4 Å². The molecule has 0 spiro atoms. The molecule has 2 aromatic heterocycles. The Morgan fingerprint density at radius 2 is 2.14 bits per heavy atom. The summed E-state index contributed by atoms with van der Waals surface area (Å²) in [6, 6.07) is 3.76. The highest BCUT2D eigenvalue weighted by atomic mass is 35.5. The van der Waals surface area contributed by atoms with Crippen molar-refractivity contribution in [3.05, 3.63) is 24.2 Å². The number of halogens is 1. The molecule has 1 unspecified atom stereocenters. The van der Waals surface area contributed by atoms with Crippen molar-refractivity contribution in [1.82, 2.24) is 19.4 Å². The van der Waals surface area contributed by atoms with E-state index in [9.17, 15) is 4.79 Å². The lowest BCUT2D eigenvalue weighted by molar-refractivity contribution is -0.131. The molecule has 0 saturated carbocycles. The number of aromatic nitrogens is 3. The molecule has 0 aliphatic rings. The van der Waals surface area contributed by atoms with Gasteiger partial charge in [0.2, 0.25) is 5.91 Å². The zero-order chi connectivity index (χ0) is 15.4. The monoisotopic (exact) mass is 308 g/mol. The summed E-state index contributed by atoms with van der Waals surface area (Å²) in [5.74, 6) is 0.906. The number of alkyl halides is 1. The summed E-state index contributed by atoms with van der Waals surface area (Å²) < 4.78 is 1.95. The van der Waals surface area contributed by atoms with Crippen LogP contribution >= 0.6 is 11.6 Å². The van der Waals surface area contributed by atoms with E-state index in [4.69, 9.17) is 11.6 Å². The molecule has 0 N–H and O–H groups in total. The highest BCUT2D eigenvalue weighted by Crippen LogP contribution is 2.23. The Labute approximate surface area is 129 Å². The second kappa shape index (κ2) is 6.89. The summed E-state index contributed by atoms with van der Waals surface area (Å²) >= 11 is 6.21. The first-order chi connectivity index (χ1) is 10.1. The number of imidazole rings is 1. The van der Waals surface area contributed by atoms with Crippen LogP contribution in [0.15, 0.2) is 18.3 Å². The van der Waals surface area contributed by atoms with Gasteiger partial charge in [-0.3, -0.25) is 4.79 Å². The third-order valence-corrected chi connectivity index (χ3v) is 3.75. The van der Waals surface area contributed by atoms with Gasteiger partial charge in [-0.05, 0) is 32.9 Å². The maximum absolute atomic E-state index is 12.2. The molecule has 2 rings (SSSR count). The van der Waals surface area contributed by atoms with E-state index in [1.54, 1.807) is 6.20 Å². The van der Waals surface area contributed by atoms with Crippen molar-refractivity contribution < 1.29 is 4.79 Å². The van der Waals surface area contributed by atoms with Crippen molar-refractivity contribution in [2.75, 3.05) is 13.1 Å². The Bertz CT molecular complexity index is 619. The van der Waals surface area contributed by atoms with Crippen LogP contribution in [0.4, 0.5) is 0 Å². The minimum absolute atomic E-state index is 0.144. The zero-order valence-electron chi connectivity index (χ0n) is 12.7. The van der Waals surface area contributed by atoms with Crippen molar-refractivity contribution in [2.45, 2.75) is 39.1 Å². The fourth-order valence-electron chi connectivity index (χ4n) is 2.44. The SMILES string of the molecule is CCN(CC)C(=O)CCn1c(C(C)Cl)nc2cccnc21. The highest BCUT2D eigenvalue weighted by molar-refractivity contribution is 6.20. The molecule has 5 nitrogen and oxygen atoms in total. The molecule has 0 saturated heterocycles. The predicted molar refractivity (Wildman–Crippen MR) is 84.3 cm³/mol. The van der Waals surface area contributed by atoms with E-state index in [2.05, 4.69) is 9.97 Å². The molecular formula is C15H21ClN4O. The number of hydrogen-bond acceptors (Lipinski definition) is 3. The van der Waals surface area contributed by atoms with Crippen molar-refractivity contribution in [3.8, 4) is 0 Å². The fraction of sp³-hybridized carbons (Fsp3) is 0.533. The van der Waals surface area contributed by atoms with Crippen LogP contribution in [-0.4, -0.2) is 38.4 Å². The summed E-state index contributed by atoms with van der Waals surface area (Å²) in [4.78, 5) is 22.9. The zero-order valence-corrected chi connectivity index (χ0v) is 13.5. The van der Waals surface area contributed by atoms with Crippen LogP contribution < -0.4 is 0 Å². The number of pyridine rings is 1. The second-order valence-corrected chi connectivity index (χ2v) is 5.55. The van der Waals surface area contributed by atoms with Gasteiger partial charge in [0, 0.05) is 32.3 Å². The van der Waals surface area contributed by atoms with Gasteiger partial charge in [0.1, 0.15) is 11.3 Å². The molecule has 2 heterocycles. The second-order valence-electron chi connectivity index (χ2n) is 4.90. The number of carbonyl (C=O) groups is 1. The lowest BCUT2D eigenvalue weighted by Gasteiger charge is -2.19. The van der Waals surface area contributed by atoms with Crippen LogP contribution in [0.5, 0.6) is 0 Å². The molecule has 0 aliphatic carbocycles. The first kappa shape index (κ1) is 15.8. The minimum Gasteiger partial charge on any atom is -0.343 e. The smallest absolute Gasteiger partial charge is 0.224 e. The quantitative estimate of drug-likeness (QED) is 0.771. The number of hydrogen-bond donors (Lipinski definition) is 0. The minimum atomic E-state index is -0.220. The van der Waals surface area contributed by atoms with Gasteiger partial charge >= 0.3 is 0 Å². The van der Waals surface area contributed by atoms with Crippen molar-refractivity contribution in [2.24, 2.45) is 0 Å². The molecule has 0 bridgehead atoms. The van der Waals surface area contributed by atoms with Gasteiger partial charge < -0.3 is 9.47 Å². The van der Waals surface area contributed by atoms with Gasteiger partial charge in [0.15, 0.2) is 5.65 Å². The third kappa shape index (κ3) is 3.35. The lowest BCUT2D eigenvalue weighted by atomic mass is 10.3. The number of carbonyl (C=O) groups excluding carboxylic acids is 1. The van der Waals surface area contributed by atoms with Gasteiger partial charge in [-0.15, -0.1) is 11.6 Å². The first-order valence-electron chi connectivity index (χ1n) is 7.31. The molecule has 0 fully saturated rings. The standard InChI is InChI=1S/C15H21ClN4O/c1-4-19(5-2)13(21)8-10-20-14(11(3)16)18-12-7-6-9-17-15(12)20/h6-7,9,11H,4-5,8,10H2,1-3H3. The molecular weight excluding hydrogens is 288 g/mol. The predicted octanol–water partition coefficient (Wildman–Crippen LogP) is 2.99. The summed E-state index contributed by atoms with van der Waals surface area (Å²) in [5.41, 5.74) is 1.60. The maximum atomic E-state index is 12.2. The van der Waals surface area contributed by atoms with Crippen molar-refractivity contribution in [1.29, 1.82) is 0 Å². The Balaban J connectivity index is 2.25. The summed E-state index contributed by atoms with van der Waals surface area (Å²) in [5, 5.41) is -0.220. The van der Waals surface area contributed by atoms with Crippen LogP contribution in [0.25, 0.3) is 11.2 Å². The summed E-state index contributed by atoms with van der Waals surface area (Å²) in [6.45, 7) is 7.87. The summed E-state index contributed by atoms with van der Waals surface area (Å²) in [7, 11) is 0. The number of amides is 1. The van der Waals surface area contributed by atoms with E-state index in [1.807, 2.05) is 42.4 Å². The molecule has 21 heavy (non-hydrogen) atoms. The number of fused-ring (bicyclic) bond motifs is 1. The number of nitrogens with zero attached hydrogens (tertiary/aromatic N) is 4. The fourth-order valence-corrected chi connectivity index (χ4v) is 2.61. The van der Waals surface area contributed by atoms with E-state index in [-0.39, 0.29) is 11.3 Å². The molecule has 1 atom stereocenters. The van der Waals surface area contributed by atoms with Gasteiger partial charge in [0.25, 0.3) is 0 Å². The lowest BCUT2D eigenvalue weighted by Crippen LogP contribution is -2.31. The molecule has 114 valence electrons. The van der Waals surface area contributed by atoms with Crippen LogP contribution in [-0.2, 0) is 11.3 Å². The van der Waals surface area contributed by atoms with Crippen LogP contribution in [0, 0.1) is 0 Å². The molecule has 0 aromatic carbocycles. The number of aryl methyl sites for hydroxylation is 1. The van der Waals surface area contributed by atoms with E-state index in [1.165, 1.54) is 0 Å². The van der Waals surface area contributed by atoms with E-state index in [0.29, 0.717) is 13.0 Å². The molecule has 0 radical (unpaired) electrons. The normalized spacial score (nSPS) is 12.6. The molecule has 0 aliphatic heterocycles. The topological polar surface area (TPSA) is 51.0 Å². The Morgan fingerprint density at radius 1 is 1.43 bits per heavy atom. The van der Waals surface area contributed by atoms with E-state index >= 15 is 0 Å². The van der Waals surface area contributed by atoms with Gasteiger partial charge in [-0.1, -0.05) is 0 Å². The highest BCUT2D eigenvalue weighted by Gasteiger charge is 2.17. The Morgan fingerprint density at radius 3 is 2.76 bits per heavy atom. The molecule has 1 amide bonds. The largest absolute Gasteiger partial charge is 0.343 e. The average molecular weight is 309 g/mol. The van der Waals surface area contributed by atoms with Crippen molar-refractivity contribution >= 4 is 28.7 Å².